The Morgan fingerprint density at radius 3 is 2.59 bits per heavy atom. The van der Waals surface area contributed by atoms with Gasteiger partial charge in [0.25, 0.3) is 11.8 Å². The maximum absolute atomic E-state index is 5.82. The third-order valence-corrected chi connectivity index (χ3v) is 3.83. The first-order valence-corrected chi connectivity index (χ1v) is 7.91. The molecule has 5 nitrogen and oxygen atoms in total. The average Bonchev–Trinajstić information content (AvgIpc) is 3.20. The van der Waals surface area contributed by atoms with Crippen LogP contribution in [0.15, 0.2) is 46.2 Å². The van der Waals surface area contributed by atoms with E-state index in [4.69, 9.17) is 13.9 Å². The fourth-order valence-corrected chi connectivity index (χ4v) is 2.58. The van der Waals surface area contributed by atoms with Crippen molar-refractivity contribution in [3.05, 3.63) is 47.7 Å². The Morgan fingerprint density at radius 2 is 1.91 bits per heavy atom. The summed E-state index contributed by atoms with van der Waals surface area (Å²) in [6.45, 7) is 4.47. The predicted octanol–water partition coefficient (Wildman–Crippen LogP) is 4.34. The lowest BCUT2D eigenvalue weighted by Gasteiger charge is -2.11. The number of thiophene rings is 1. The minimum absolute atomic E-state index is 0.320. The third kappa shape index (κ3) is 3.28. The monoisotopic (exact) mass is 316 g/mol. The van der Waals surface area contributed by atoms with Crippen LogP contribution in [-0.2, 0) is 0 Å². The van der Waals surface area contributed by atoms with Crippen LogP contribution in [0, 0.1) is 0 Å². The van der Waals surface area contributed by atoms with Crippen molar-refractivity contribution in [1.29, 1.82) is 0 Å². The van der Waals surface area contributed by atoms with Crippen molar-refractivity contribution in [2.24, 2.45) is 0 Å². The van der Waals surface area contributed by atoms with Gasteiger partial charge in [-0.05, 0) is 49.6 Å². The quantitative estimate of drug-likeness (QED) is 0.677. The molecule has 22 heavy (non-hydrogen) atoms. The van der Waals surface area contributed by atoms with Crippen molar-refractivity contribution in [2.75, 3.05) is 6.61 Å². The fraction of sp³-hybridized carbons (Fsp3) is 0.250. The van der Waals surface area contributed by atoms with E-state index in [0.717, 1.165) is 16.4 Å². The van der Waals surface area contributed by atoms with E-state index in [9.17, 15) is 0 Å². The molecule has 0 aliphatic rings. The van der Waals surface area contributed by atoms with Crippen LogP contribution in [0.5, 0.6) is 11.5 Å². The second kappa shape index (κ2) is 6.62. The average molecular weight is 316 g/mol. The summed E-state index contributed by atoms with van der Waals surface area (Å²) in [6, 6.07) is 11.4. The van der Waals surface area contributed by atoms with E-state index in [2.05, 4.69) is 10.2 Å². The van der Waals surface area contributed by atoms with Crippen LogP contribution in [0.2, 0.25) is 0 Å². The lowest BCUT2D eigenvalue weighted by molar-refractivity contribution is 0.189. The summed E-state index contributed by atoms with van der Waals surface area (Å²) in [5.74, 6) is 2.52. The van der Waals surface area contributed by atoms with Crippen molar-refractivity contribution in [1.82, 2.24) is 10.2 Å². The summed E-state index contributed by atoms with van der Waals surface area (Å²) < 4.78 is 16.9. The summed E-state index contributed by atoms with van der Waals surface area (Å²) in [4.78, 5) is 0.951. The van der Waals surface area contributed by atoms with Gasteiger partial charge in [0.05, 0.1) is 11.5 Å². The Morgan fingerprint density at radius 1 is 1.14 bits per heavy atom. The van der Waals surface area contributed by atoms with Gasteiger partial charge in [-0.25, -0.2) is 0 Å². The molecule has 0 aliphatic carbocycles. The van der Waals surface area contributed by atoms with Gasteiger partial charge in [0.15, 0.2) is 6.10 Å². The van der Waals surface area contributed by atoms with E-state index in [1.807, 2.05) is 55.6 Å². The first-order chi connectivity index (χ1) is 10.8. The zero-order valence-electron chi connectivity index (χ0n) is 12.4. The summed E-state index contributed by atoms with van der Waals surface area (Å²) in [5, 5.41) is 10.1. The molecule has 0 saturated carbocycles. The molecule has 0 saturated heterocycles. The molecule has 2 heterocycles. The Labute approximate surface area is 132 Å². The van der Waals surface area contributed by atoms with Crippen LogP contribution < -0.4 is 9.47 Å². The number of aromatic nitrogens is 2. The van der Waals surface area contributed by atoms with Crippen molar-refractivity contribution in [3.63, 3.8) is 0 Å². The molecule has 0 radical (unpaired) electrons. The Bertz CT molecular complexity index is 707. The first-order valence-electron chi connectivity index (χ1n) is 7.03. The topological polar surface area (TPSA) is 57.4 Å². The molecule has 1 aromatic carbocycles. The lowest BCUT2D eigenvalue weighted by atomic mass is 10.3. The van der Waals surface area contributed by atoms with E-state index in [-0.39, 0.29) is 6.10 Å². The molecule has 6 heteroatoms. The molecule has 3 rings (SSSR count). The third-order valence-electron chi connectivity index (χ3n) is 2.97. The highest BCUT2D eigenvalue weighted by molar-refractivity contribution is 7.13. The van der Waals surface area contributed by atoms with Gasteiger partial charge < -0.3 is 13.9 Å². The molecule has 0 N–H and O–H groups in total. The van der Waals surface area contributed by atoms with E-state index < -0.39 is 0 Å². The maximum Gasteiger partial charge on any atom is 0.257 e. The standard InChI is InChI=1S/C16H16N2O3S/c1-3-19-12-6-8-13(9-7-12)20-11(2)15-17-18-16(21-15)14-5-4-10-22-14/h4-11H,3H2,1-2H3/t11-/m1/s1. The molecule has 0 fully saturated rings. The predicted molar refractivity (Wildman–Crippen MR) is 84.3 cm³/mol. The molecule has 0 aliphatic heterocycles. The zero-order valence-corrected chi connectivity index (χ0v) is 13.2. The number of rotatable bonds is 6. The van der Waals surface area contributed by atoms with Gasteiger partial charge in [-0.2, -0.15) is 0 Å². The maximum atomic E-state index is 5.82. The lowest BCUT2D eigenvalue weighted by Crippen LogP contribution is -2.03. The van der Waals surface area contributed by atoms with Gasteiger partial charge in [-0.3, -0.25) is 0 Å². The van der Waals surface area contributed by atoms with Crippen LogP contribution in [0.4, 0.5) is 0 Å². The molecular formula is C16H16N2O3S. The van der Waals surface area contributed by atoms with Gasteiger partial charge >= 0.3 is 0 Å². The summed E-state index contributed by atoms with van der Waals surface area (Å²) in [6.07, 6.45) is -0.320. The van der Waals surface area contributed by atoms with Crippen molar-refractivity contribution >= 4 is 11.3 Å². The van der Waals surface area contributed by atoms with E-state index in [0.29, 0.717) is 18.4 Å². The zero-order chi connectivity index (χ0) is 15.4. The Hall–Kier alpha value is -2.34. The SMILES string of the molecule is CCOc1ccc(O[C@H](C)c2nnc(-c3cccs3)o2)cc1. The second-order valence-electron chi connectivity index (χ2n) is 4.59. The van der Waals surface area contributed by atoms with Crippen molar-refractivity contribution in [2.45, 2.75) is 20.0 Å². The van der Waals surface area contributed by atoms with E-state index >= 15 is 0 Å². The highest BCUT2D eigenvalue weighted by atomic mass is 32.1. The number of ether oxygens (including phenoxy) is 2. The number of benzene rings is 1. The van der Waals surface area contributed by atoms with E-state index in [1.165, 1.54) is 0 Å². The smallest absolute Gasteiger partial charge is 0.257 e. The van der Waals surface area contributed by atoms with Crippen LogP contribution >= 0.6 is 11.3 Å². The van der Waals surface area contributed by atoms with Crippen LogP contribution in [-0.4, -0.2) is 16.8 Å². The number of hydrogen-bond acceptors (Lipinski definition) is 6. The molecular weight excluding hydrogens is 300 g/mol. The van der Waals surface area contributed by atoms with Crippen molar-refractivity contribution < 1.29 is 13.9 Å². The molecule has 1 atom stereocenters. The first kappa shape index (κ1) is 14.6. The molecule has 0 amide bonds. The molecule has 0 unspecified atom stereocenters. The molecule has 0 spiro atoms. The van der Waals surface area contributed by atoms with E-state index in [1.54, 1.807) is 11.3 Å². The molecule has 0 bridgehead atoms. The summed E-state index contributed by atoms with van der Waals surface area (Å²) in [7, 11) is 0. The molecule has 114 valence electrons. The highest BCUT2D eigenvalue weighted by Gasteiger charge is 2.17. The Balaban J connectivity index is 1.67. The van der Waals surface area contributed by atoms with Crippen molar-refractivity contribution in [3.8, 4) is 22.3 Å². The van der Waals surface area contributed by atoms with Gasteiger partial charge in [0.1, 0.15) is 11.5 Å². The summed E-state index contributed by atoms with van der Waals surface area (Å²) >= 11 is 1.56. The normalized spacial score (nSPS) is 12.1. The highest BCUT2D eigenvalue weighted by Crippen LogP contribution is 2.27. The summed E-state index contributed by atoms with van der Waals surface area (Å²) in [5.41, 5.74) is 0. The van der Waals surface area contributed by atoms with Crippen LogP contribution in [0.3, 0.4) is 0 Å². The van der Waals surface area contributed by atoms with Gasteiger partial charge in [0, 0.05) is 0 Å². The second-order valence-corrected chi connectivity index (χ2v) is 5.53. The molecule has 2 aromatic heterocycles. The number of nitrogens with zero attached hydrogens (tertiary/aromatic N) is 2. The van der Waals surface area contributed by atoms with Gasteiger partial charge in [-0.15, -0.1) is 21.5 Å². The molecule has 3 aromatic rings. The minimum atomic E-state index is -0.320. The Kier molecular flexibility index (Phi) is 4.39. The minimum Gasteiger partial charge on any atom is -0.494 e. The fourth-order valence-electron chi connectivity index (χ4n) is 1.93. The largest absolute Gasteiger partial charge is 0.494 e. The van der Waals surface area contributed by atoms with Gasteiger partial charge in [0.2, 0.25) is 0 Å². The van der Waals surface area contributed by atoms with Crippen LogP contribution in [0.1, 0.15) is 25.8 Å². The van der Waals surface area contributed by atoms with Crippen LogP contribution in [0.25, 0.3) is 10.8 Å². The number of hydrogen-bond donors (Lipinski definition) is 0. The van der Waals surface area contributed by atoms with Gasteiger partial charge in [-0.1, -0.05) is 6.07 Å².